The number of carbonyl (C=O) groups excluding carboxylic acids is 2. The van der Waals surface area contributed by atoms with Crippen LogP contribution in [0.15, 0.2) is 12.7 Å². The fraction of sp³-hybridized carbons (Fsp3) is 0.826. The molecule has 4 unspecified atom stereocenters. The summed E-state index contributed by atoms with van der Waals surface area (Å²) in [5.74, 6) is -3.46. The molecule has 0 saturated heterocycles. The molecule has 0 aromatic heterocycles. The average molecular weight is 412 g/mol. The van der Waals surface area contributed by atoms with Gasteiger partial charge < -0.3 is 9.84 Å². The van der Waals surface area contributed by atoms with E-state index in [0.717, 1.165) is 0 Å². The molecule has 0 radical (unpaired) electrons. The maximum Gasteiger partial charge on any atom is 0.316 e. The maximum atomic E-state index is 13.6. The van der Waals surface area contributed by atoms with Crippen molar-refractivity contribution in [2.24, 2.45) is 34.0 Å². The van der Waals surface area contributed by atoms with Crippen LogP contribution < -0.4 is 0 Å². The summed E-state index contributed by atoms with van der Waals surface area (Å²) in [6.45, 7) is 11.5. The lowest BCUT2D eigenvalue weighted by Crippen LogP contribution is -2.63. The summed E-state index contributed by atoms with van der Waals surface area (Å²) in [6.07, 6.45) is 0.857. The number of ether oxygens (including phenoxy) is 1. The molecule has 3 rings (SSSR count). The molecule has 3 aliphatic carbocycles. The predicted molar refractivity (Wildman–Crippen MR) is 113 cm³/mol. The van der Waals surface area contributed by atoms with Gasteiger partial charge in [-0.2, -0.15) is 11.8 Å². The van der Waals surface area contributed by atoms with E-state index in [2.05, 4.69) is 6.58 Å². The van der Waals surface area contributed by atoms with Gasteiger partial charge >= 0.3 is 5.97 Å². The van der Waals surface area contributed by atoms with Gasteiger partial charge in [-0.15, -0.1) is 6.58 Å². The maximum absolute atomic E-state index is 13.6. The zero-order valence-electron chi connectivity index (χ0n) is 20.7. The van der Waals surface area contributed by atoms with Crippen LogP contribution in [0.5, 0.6) is 0 Å². The van der Waals surface area contributed by atoms with E-state index in [9.17, 15) is 16.1 Å². The molecule has 3 saturated carbocycles. The molecule has 0 heterocycles. The first kappa shape index (κ1) is 18.0. The SMILES string of the molecule is [2H]C1([2H])CC23CCC(C)[C@@](C)([C@H](OC(=O)CSC)C[C@@](C)(C=C)C(O)[C@@H]2C)C3([2H])C1=O. The van der Waals surface area contributed by atoms with Crippen molar-refractivity contribution in [3.8, 4) is 0 Å². The van der Waals surface area contributed by atoms with Crippen LogP contribution in [0.4, 0.5) is 0 Å². The molecule has 1 N–H and O–H groups in total. The smallest absolute Gasteiger partial charge is 0.316 e. The highest BCUT2D eigenvalue weighted by Crippen LogP contribution is 2.67. The van der Waals surface area contributed by atoms with Gasteiger partial charge in [0.1, 0.15) is 11.9 Å². The Hall–Kier alpha value is -0.810. The molecule has 2 bridgehead atoms. The summed E-state index contributed by atoms with van der Waals surface area (Å²) in [5, 5.41) is 11.5. The van der Waals surface area contributed by atoms with Crippen molar-refractivity contribution in [2.75, 3.05) is 12.0 Å². The molecular weight excluding hydrogens is 372 g/mol. The van der Waals surface area contributed by atoms with Gasteiger partial charge in [0.15, 0.2) is 0 Å². The van der Waals surface area contributed by atoms with E-state index in [1.165, 1.54) is 11.8 Å². The highest BCUT2D eigenvalue weighted by molar-refractivity contribution is 7.99. The molecule has 4 nitrogen and oxygen atoms in total. The minimum Gasteiger partial charge on any atom is -0.461 e. The van der Waals surface area contributed by atoms with E-state index >= 15 is 0 Å². The third-order valence-corrected chi connectivity index (χ3v) is 8.72. The zero-order chi connectivity index (χ0) is 23.6. The number of Topliss-reactive ketones (excluding diaryl/α,β-unsaturated/α-hetero) is 1. The summed E-state index contributed by atoms with van der Waals surface area (Å²) in [4.78, 5) is 26.3. The van der Waals surface area contributed by atoms with E-state index < -0.39 is 58.4 Å². The highest BCUT2D eigenvalue weighted by atomic mass is 32.2. The Bertz CT molecular complexity index is 791. The van der Waals surface area contributed by atoms with E-state index in [0.29, 0.717) is 12.8 Å². The summed E-state index contributed by atoms with van der Waals surface area (Å²) < 4.78 is 32.7. The summed E-state index contributed by atoms with van der Waals surface area (Å²) in [7, 11) is 0. The lowest BCUT2D eigenvalue weighted by Gasteiger charge is -2.61. The normalized spacial score (nSPS) is 54.4. The van der Waals surface area contributed by atoms with Gasteiger partial charge in [0.2, 0.25) is 0 Å². The van der Waals surface area contributed by atoms with Gasteiger partial charge in [0, 0.05) is 27.2 Å². The quantitative estimate of drug-likeness (QED) is 0.553. The van der Waals surface area contributed by atoms with Crippen LogP contribution >= 0.6 is 11.8 Å². The van der Waals surface area contributed by atoms with Crippen molar-refractivity contribution in [3.05, 3.63) is 12.7 Å². The number of ketones is 1. The Labute approximate surface area is 178 Å². The first-order valence-electron chi connectivity index (χ1n) is 11.7. The molecule has 5 heteroatoms. The Balaban J connectivity index is 2.32. The molecule has 0 spiro atoms. The molecule has 28 heavy (non-hydrogen) atoms. The summed E-state index contributed by atoms with van der Waals surface area (Å²) in [6, 6.07) is 0. The van der Waals surface area contributed by atoms with Crippen LogP contribution in [0.3, 0.4) is 0 Å². The molecule has 0 aromatic rings. The molecule has 3 fully saturated rings. The Morgan fingerprint density at radius 2 is 2.14 bits per heavy atom. The van der Waals surface area contributed by atoms with Crippen molar-refractivity contribution < 1.29 is 23.5 Å². The van der Waals surface area contributed by atoms with Gasteiger partial charge in [-0.1, -0.05) is 33.8 Å². The fourth-order valence-electron chi connectivity index (χ4n) is 6.03. The number of aliphatic hydroxyl groups excluding tert-OH is 1. The number of hydrogen-bond acceptors (Lipinski definition) is 5. The predicted octanol–water partition coefficient (Wildman–Crippen LogP) is 4.26. The van der Waals surface area contributed by atoms with E-state index in [1.54, 1.807) is 12.3 Å². The van der Waals surface area contributed by atoms with Crippen LogP contribution in [-0.4, -0.2) is 41.1 Å². The zero-order valence-corrected chi connectivity index (χ0v) is 18.5. The first-order chi connectivity index (χ1) is 14.2. The number of thioether (sulfide) groups is 1. The number of esters is 1. The highest BCUT2D eigenvalue weighted by Gasteiger charge is 2.68. The van der Waals surface area contributed by atoms with Gasteiger partial charge in [-0.3, -0.25) is 9.59 Å². The van der Waals surface area contributed by atoms with Crippen molar-refractivity contribution >= 4 is 23.5 Å². The Kier molecular flexibility index (Phi) is 4.80. The van der Waals surface area contributed by atoms with Crippen molar-refractivity contribution in [1.29, 1.82) is 0 Å². The number of carbonyl (C=O) groups is 2. The summed E-state index contributed by atoms with van der Waals surface area (Å²) in [5.41, 5.74) is -2.96. The monoisotopic (exact) mass is 411 g/mol. The Morgan fingerprint density at radius 3 is 2.75 bits per heavy atom. The van der Waals surface area contributed by atoms with E-state index in [4.69, 9.17) is 7.48 Å². The average Bonchev–Trinajstić information content (AvgIpc) is 2.87. The van der Waals surface area contributed by atoms with Crippen LogP contribution in [0.1, 0.15) is 63.9 Å². The van der Waals surface area contributed by atoms with Crippen LogP contribution in [0.25, 0.3) is 0 Å². The third-order valence-electron chi connectivity index (χ3n) is 8.19. The minimum atomic E-state index is -2.16. The molecule has 0 amide bonds. The van der Waals surface area contributed by atoms with Crippen molar-refractivity contribution in [1.82, 2.24) is 0 Å². The largest absolute Gasteiger partial charge is 0.461 e. The molecule has 158 valence electrons. The van der Waals surface area contributed by atoms with E-state index in [-0.39, 0.29) is 24.5 Å². The number of rotatable bonds is 4. The van der Waals surface area contributed by atoms with E-state index in [1.807, 2.05) is 27.7 Å². The molecular formula is C23H36O4S. The van der Waals surface area contributed by atoms with Crippen LogP contribution in [0.2, 0.25) is 0 Å². The number of hydrogen-bond donors (Lipinski definition) is 1. The Morgan fingerprint density at radius 1 is 1.46 bits per heavy atom. The second-order valence-corrected chi connectivity index (χ2v) is 10.4. The lowest BCUT2D eigenvalue weighted by molar-refractivity contribution is -0.205. The van der Waals surface area contributed by atoms with Crippen LogP contribution in [0, 0.1) is 34.0 Å². The van der Waals surface area contributed by atoms with Gasteiger partial charge in [0.05, 0.1) is 11.9 Å². The minimum absolute atomic E-state index is 0.0957. The third kappa shape index (κ3) is 2.99. The van der Waals surface area contributed by atoms with Crippen molar-refractivity contribution in [3.63, 3.8) is 0 Å². The van der Waals surface area contributed by atoms with Gasteiger partial charge in [-0.05, 0) is 49.2 Å². The molecule has 0 aliphatic heterocycles. The fourth-order valence-corrected chi connectivity index (χ4v) is 6.34. The topological polar surface area (TPSA) is 63.6 Å². The van der Waals surface area contributed by atoms with Crippen molar-refractivity contribution in [2.45, 2.75) is 72.0 Å². The first-order valence-corrected chi connectivity index (χ1v) is 11.6. The lowest BCUT2D eigenvalue weighted by atomic mass is 9.44. The van der Waals surface area contributed by atoms with Gasteiger partial charge in [0.25, 0.3) is 0 Å². The molecule has 0 aromatic carbocycles. The standard InChI is InChI=1S/C23H36O4S/c1-7-21(4)12-17(27-18(25)13-28-6)22(5)14(2)8-10-23(15(3)20(21)26)11-9-16(24)19(22)23/h7,14-15,17,19-20,26H,1,8-13H2,2-6H3/t14?,15-,17+,19?,20?,21+,22-,23?/m0/s1/i9D2,19D. The van der Waals surface area contributed by atoms with Crippen LogP contribution in [-0.2, 0) is 14.3 Å². The molecule has 8 atom stereocenters. The summed E-state index contributed by atoms with van der Waals surface area (Å²) >= 11 is 1.34. The van der Waals surface area contributed by atoms with Gasteiger partial charge in [-0.25, -0.2) is 0 Å². The molecule has 3 aliphatic rings. The second kappa shape index (κ2) is 7.46. The second-order valence-electron chi connectivity index (χ2n) is 9.50. The number of aliphatic hydroxyl groups is 1.